The number of nitrogens with zero attached hydrogens (tertiary/aromatic N) is 2. The Morgan fingerprint density at radius 3 is 2.53 bits per heavy atom. The van der Waals surface area contributed by atoms with Crippen molar-refractivity contribution in [3.63, 3.8) is 0 Å². The van der Waals surface area contributed by atoms with Crippen LogP contribution < -0.4 is 5.32 Å². The lowest BCUT2D eigenvalue weighted by Gasteiger charge is -2.36. The number of hydrogen-bond acceptors (Lipinski definition) is 3. The van der Waals surface area contributed by atoms with Crippen molar-refractivity contribution < 1.29 is 9.59 Å². The van der Waals surface area contributed by atoms with Crippen LogP contribution in [-0.2, 0) is 4.79 Å². The lowest BCUT2D eigenvalue weighted by atomic mass is 10.1. The summed E-state index contributed by atoms with van der Waals surface area (Å²) in [5.41, 5.74) is 1.18. The third-order valence-electron chi connectivity index (χ3n) is 3.63. The molecular weight excluding hydrogens is 242 g/mol. The van der Waals surface area contributed by atoms with Crippen molar-refractivity contribution in [3.05, 3.63) is 29.8 Å². The van der Waals surface area contributed by atoms with Gasteiger partial charge in [-0.1, -0.05) is 18.6 Å². The Morgan fingerprint density at radius 1 is 1.00 bits per heavy atom. The summed E-state index contributed by atoms with van der Waals surface area (Å²) in [4.78, 5) is 24.5. The van der Waals surface area contributed by atoms with Crippen molar-refractivity contribution in [1.82, 2.24) is 10.0 Å². The summed E-state index contributed by atoms with van der Waals surface area (Å²) in [7, 11) is 0. The first-order valence-electron chi connectivity index (χ1n) is 6.71. The quantitative estimate of drug-likeness (QED) is 0.831. The van der Waals surface area contributed by atoms with Crippen molar-refractivity contribution in [1.29, 1.82) is 0 Å². The summed E-state index contributed by atoms with van der Waals surface area (Å²) in [6.07, 6.45) is 3.35. The van der Waals surface area contributed by atoms with Crippen molar-refractivity contribution in [3.8, 4) is 0 Å². The fourth-order valence-electron chi connectivity index (χ4n) is 2.66. The van der Waals surface area contributed by atoms with Crippen LogP contribution in [-0.4, -0.2) is 41.5 Å². The van der Waals surface area contributed by atoms with Crippen LogP contribution in [0.25, 0.3) is 0 Å². The van der Waals surface area contributed by atoms with E-state index in [4.69, 9.17) is 0 Å². The van der Waals surface area contributed by atoms with E-state index in [1.807, 2.05) is 17.1 Å². The molecule has 5 nitrogen and oxygen atoms in total. The zero-order valence-electron chi connectivity index (χ0n) is 10.8. The molecule has 1 N–H and O–H groups in total. The van der Waals surface area contributed by atoms with Crippen LogP contribution in [0, 0.1) is 0 Å². The molecule has 3 rings (SSSR count). The van der Waals surface area contributed by atoms with Gasteiger partial charge in [-0.2, -0.15) is 0 Å². The Bertz CT molecular complexity index is 509. The van der Waals surface area contributed by atoms with Gasteiger partial charge in [-0.05, 0) is 25.0 Å². The third kappa shape index (κ3) is 2.33. The van der Waals surface area contributed by atoms with Gasteiger partial charge in [-0.25, -0.2) is 5.01 Å². The summed E-state index contributed by atoms with van der Waals surface area (Å²) in [6.45, 7) is 1.80. The standard InChI is InChI=1S/C14H17N3O2/c18-13-10-17(16-8-4-1-5-9-16)14(19)11-6-2-3-7-12(11)15-13/h2-3,6-7H,1,4-5,8-10H2,(H,15,18). The van der Waals surface area contributed by atoms with E-state index in [1.165, 1.54) is 6.42 Å². The third-order valence-corrected chi connectivity index (χ3v) is 3.63. The lowest BCUT2D eigenvalue weighted by molar-refractivity contribution is -0.121. The zero-order valence-corrected chi connectivity index (χ0v) is 10.8. The van der Waals surface area contributed by atoms with Gasteiger partial charge in [0.25, 0.3) is 5.91 Å². The van der Waals surface area contributed by atoms with Gasteiger partial charge >= 0.3 is 0 Å². The van der Waals surface area contributed by atoms with Gasteiger partial charge in [0, 0.05) is 13.1 Å². The SMILES string of the molecule is O=C1CN(N2CCCCC2)C(=O)c2ccccc2N1. The monoisotopic (exact) mass is 259 g/mol. The molecule has 1 saturated heterocycles. The van der Waals surface area contributed by atoms with E-state index >= 15 is 0 Å². The van der Waals surface area contributed by atoms with Crippen molar-refractivity contribution in [2.24, 2.45) is 0 Å². The maximum Gasteiger partial charge on any atom is 0.270 e. The van der Waals surface area contributed by atoms with Gasteiger partial charge in [0.15, 0.2) is 0 Å². The van der Waals surface area contributed by atoms with Crippen LogP contribution in [0.1, 0.15) is 29.6 Å². The number of nitrogens with one attached hydrogen (secondary N) is 1. The number of hydrazine groups is 1. The molecule has 19 heavy (non-hydrogen) atoms. The number of benzene rings is 1. The molecule has 2 amide bonds. The summed E-state index contributed by atoms with van der Waals surface area (Å²) < 4.78 is 0. The van der Waals surface area contributed by atoms with Gasteiger partial charge in [0.1, 0.15) is 6.54 Å². The van der Waals surface area contributed by atoms with Gasteiger partial charge in [0.05, 0.1) is 11.3 Å². The molecule has 0 unspecified atom stereocenters. The van der Waals surface area contributed by atoms with Gasteiger partial charge in [-0.3, -0.25) is 14.6 Å². The summed E-state index contributed by atoms with van der Waals surface area (Å²) >= 11 is 0. The number of anilines is 1. The molecule has 1 aromatic carbocycles. The molecule has 2 aliphatic rings. The van der Waals surface area contributed by atoms with Crippen LogP contribution in [0.5, 0.6) is 0 Å². The first-order chi connectivity index (χ1) is 9.25. The van der Waals surface area contributed by atoms with E-state index in [0.717, 1.165) is 25.9 Å². The maximum absolute atomic E-state index is 12.6. The normalized spacial score (nSPS) is 20.7. The fourth-order valence-corrected chi connectivity index (χ4v) is 2.66. The highest BCUT2D eigenvalue weighted by molar-refractivity contribution is 6.08. The van der Waals surface area contributed by atoms with E-state index in [0.29, 0.717) is 11.3 Å². The van der Waals surface area contributed by atoms with Crippen molar-refractivity contribution >= 4 is 17.5 Å². The number of carbonyl (C=O) groups excluding carboxylic acids is 2. The number of carbonyl (C=O) groups is 2. The van der Waals surface area contributed by atoms with E-state index in [2.05, 4.69) is 5.32 Å². The molecule has 0 radical (unpaired) electrons. The Kier molecular flexibility index (Phi) is 3.21. The second-order valence-electron chi connectivity index (χ2n) is 4.97. The van der Waals surface area contributed by atoms with Crippen LogP contribution in [0.3, 0.4) is 0 Å². The topological polar surface area (TPSA) is 52.7 Å². The van der Waals surface area contributed by atoms with Crippen LogP contribution in [0.2, 0.25) is 0 Å². The summed E-state index contributed by atoms with van der Waals surface area (Å²) in [6, 6.07) is 7.18. The molecule has 0 bridgehead atoms. The number of piperidine rings is 1. The van der Waals surface area contributed by atoms with Crippen molar-refractivity contribution in [2.45, 2.75) is 19.3 Å². The Balaban J connectivity index is 1.93. The van der Waals surface area contributed by atoms with Crippen LogP contribution >= 0.6 is 0 Å². The molecule has 100 valence electrons. The number of rotatable bonds is 1. The minimum atomic E-state index is -0.135. The second kappa shape index (κ2) is 5.01. The molecule has 2 aliphatic heterocycles. The summed E-state index contributed by atoms with van der Waals surface area (Å²) in [5.74, 6) is -0.222. The molecular formula is C14H17N3O2. The lowest BCUT2D eigenvalue weighted by Crippen LogP contribution is -2.50. The first-order valence-corrected chi connectivity index (χ1v) is 6.71. The molecule has 0 atom stereocenters. The van der Waals surface area contributed by atoms with Gasteiger partial charge < -0.3 is 5.32 Å². The van der Waals surface area contributed by atoms with E-state index in [1.54, 1.807) is 17.1 Å². The zero-order chi connectivity index (χ0) is 13.2. The molecule has 0 aromatic heterocycles. The molecule has 0 saturated carbocycles. The van der Waals surface area contributed by atoms with E-state index in [9.17, 15) is 9.59 Å². The second-order valence-corrected chi connectivity index (χ2v) is 4.97. The van der Waals surface area contributed by atoms with Gasteiger partial charge in [-0.15, -0.1) is 0 Å². The molecule has 0 spiro atoms. The predicted molar refractivity (Wildman–Crippen MR) is 71.5 cm³/mol. The van der Waals surface area contributed by atoms with Crippen LogP contribution in [0.15, 0.2) is 24.3 Å². The molecule has 5 heteroatoms. The number of hydrogen-bond donors (Lipinski definition) is 1. The maximum atomic E-state index is 12.6. The van der Waals surface area contributed by atoms with Gasteiger partial charge in [0.2, 0.25) is 5.91 Å². The number of para-hydroxylation sites is 1. The minimum absolute atomic E-state index is 0.0872. The average molecular weight is 259 g/mol. The smallest absolute Gasteiger partial charge is 0.270 e. The highest BCUT2D eigenvalue weighted by Crippen LogP contribution is 2.22. The highest BCUT2D eigenvalue weighted by atomic mass is 16.2. The van der Waals surface area contributed by atoms with E-state index < -0.39 is 0 Å². The summed E-state index contributed by atoms with van der Waals surface area (Å²) in [5, 5.41) is 6.40. The number of amides is 2. The average Bonchev–Trinajstić information content (AvgIpc) is 2.57. The molecule has 2 heterocycles. The Labute approximate surface area is 112 Å². The fraction of sp³-hybridized carbons (Fsp3) is 0.429. The molecule has 0 aliphatic carbocycles. The predicted octanol–water partition coefficient (Wildman–Crippen LogP) is 1.48. The first kappa shape index (κ1) is 12.2. The number of fused-ring (bicyclic) bond motifs is 1. The highest BCUT2D eigenvalue weighted by Gasteiger charge is 2.30. The minimum Gasteiger partial charge on any atom is -0.324 e. The van der Waals surface area contributed by atoms with E-state index in [-0.39, 0.29) is 18.4 Å². The Hall–Kier alpha value is -1.88. The molecule has 1 aromatic rings. The Morgan fingerprint density at radius 2 is 1.74 bits per heavy atom. The molecule has 1 fully saturated rings. The van der Waals surface area contributed by atoms with Crippen LogP contribution in [0.4, 0.5) is 5.69 Å². The largest absolute Gasteiger partial charge is 0.324 e. The van der Waals surface area contributed by atoms with Crippen molar-refractivity contribution in [2.75, 3.05) is 25.0 Å².